The predicted molar refractivity (Wildman–Crippen MR) is 67.9 cm³/mol. The van der Waals surface area contributed by atoms with Gasteiger partial charge in [-0.3, -0.25) is 0 Å². The van der Waals surface area contributed by atoms with E-state index in [2.05, 4.69) is 24.1 Å². The zero-order chi connectivity index (χ0) is 10.6. The zero-order valence-electron chi connectivity index (χ0n) is 9.59. The summed E-state index contributed by atoms with van der Waals surface area (Å²) in [6.07, 6.45) is 5.01. The fraction of sp³-hybridized carbons (Fsp3) is 0.909. The lowest BCUT2D eigenvalue weighted by Crippen LogP contribution is -2.31. The van der Waals surface area contributed by atoms with Gasteiger partial charge < -0.3 is 10.2 Å². The summed E-state index contributed by atoms with van der Waals surface area (Å²) in [4.78, 5) is 2.22. The Bertz CT molecular complexity index is 128. The van der Waals surface area contributed by atoms with Crippen LogP contribution >= 0.6 is 12.2 Å². The standard InChI is InChI=1S/C11H24N2S/c1-3-5-7-12-8-10-13(11-14)9-6-4-2/h11-12H,3-10H2,1-2H3. The molecule has 0 aromatic heterocycles. The Morgan fingerprint density at radius 2 is 1.79 bits per heavy atom. The Labute approximate surface area is 94.1 Å². The summed E-state index contributed by atoms with van der Waals surface area (Å²) in [5.74, 6) is 0. The normalized spacial score (nSPS) is 10.1. The summed E-state index contributed by atoms with van der Waals surface area (Å²) < 4.78 is 0. The first-order valence-electron chi connectivity index (χ1n) is 5.75. The molecule has 0 saturated heterocycles. The Balaban J connectivity index is 3.28. The first-order valence-corrected chi connectivity index (χ1v) is 6.22. The minimum absolute atomic E-state index is 1.05. The second kappa shape index (κ2) is 10.9. The molecule has 0 unspecified atom stereocenters. The van der Waals surface area contributed by atoms with Crippen LogP contribution in [0.15, 0.2) is 0 Å². The third-order valence-electron chi connectivity index (χ3n) is 2.23. The Morgan fingerprint density at radius 1 is 1.07 bits per heavy atom. The van der Waals surface area contributed by atoms with Crippen molar-refractivity contribution in [2.45, 2.75) is 39.5 Å². The van der Waals surface area contributed by atoms with Crippen molar-refractivity contribution in [3.63, 3.8) is 0 Å². The molecule has 0 aromatic carbocycles. The van der Waals surface area contributed by atoms with Crippen molar-refractivity contribution >= 4 is 17.7 Å². The second-order valence-electron chi connectivity index (χ2n) is 3.60. The number of nitrogens with one attached hydrogen (secondary N) is 1. The van der Waals surface area contributed by atoms with E-state index < -0.39 is 0 Å². The molecule has 2 nitrogen and oxygen atoms in total. The lowest BCUT2D eigenvalue weighted by molar-refractivity contribution is 0.414. The summed E-state index contributed by atoms with van der Waals surface area (Å²) in [6.45, 7) is 8.77. The van der Waals surface area contributed by atoms with E-state index in [1.807, 2.05) is 0 Å². The lowest BCUT2D eigenvalue weighted by Gasteiger charge is -2.18. The molecule has 0 amide bonds. The lowest BCUT2D eigenvalue weighted by atomic mass is 10.3. The van der Waals surface area contributed by atoms with Crippen LogP contribution in [-0.4, -0.2) is 36.6 Å². The van der Waals surface area contributed by atoms with Gasteiger partial charge in [-0.05, 0) is 19.4 Å². The molecule has 1 N–H and O–H groups in total. The Hall–Kier alpha value is -0.150. The number of nitrogens with zero attached hydrogens (tertiary/aromatic N) is 1. The van der Waals surface area contributed by atoms with E-state index in [0.717, 1.165) is 26.2 Å². The maximum atomic E-state index is 4.96. The maximum Gasteiger partial charge on any atom is 0.0641 e. The molecule has 84 valence electrons. The minimum atomic E-state index is 1.05. The van der Waals surface area contributed by atoms with Crippen molar-refractivity contribution < 1.29 is 0 Å². The molecule has 0 atom stereocenters. The third-order valence-corrected chi connectivity index (χ3v) is 2.53. The molecule has 0 aromatic rings. The van der Waals surface area contributed by atoms with Crippen LogP contribution in [0.4, 0.5) is 0 Å². The molecule has 14 heavy (non-hydrogen) atoms. The first-order chi connectivity index (χ1) is 6.85. The molecule has 0 rings (SSSR count). The van der Waals surface area contributed by atoms with Crippen LogP contribution < -0.4 is 5.32 Å². The Morgan fingerprint density at radius 3 is 2.36 bits per heavy atom. The topological polar surface area (TPSA) is 15.3 Å². The highest BCUT2D eigenvalue weighted by molar-refractivity contribution is 7.78. The van der Waals surface area contributed by atoms with Crippen LogP contribution in [0.5, 0.6) is 0 Å². The number of unbranched alkanes of at least 4 members (excludes halogenated alkanes) is 2. The molecule has 0 aliphatic heterocycles. The van der Waals surface area contributed by atoms with E-state index in [9.17, 15) is 0 Å². The van der Waals surface area contributed by atoms with Gasteiger partial charge in [0, 0.05) is 19.6 Å². The van der Waals surface area contributed by atoms with Crippen LogP contribution in [0.2, 0.25) is 0 Å². The maximum absolute atomic E-state index is 4.96. The van der Waals surface area contributed by atoms with E-state index >= 15 is 0 Å². The summed E-state index contributed by atoms with van der Waals surface area (Å²) in [5, 5.41) is 3.42. The number of rotatable bonds is 10. The van der Waals surface area contributed by atoms with Crippen molar-refractivity contribution in [3.05, 3.63) is 0 Å². The van der Waals surface area contributed by atoms with E-state index in [-0.39, 0.29) is 0 Å². The fourth-order valence-electron chi connectivity index (χ4n) is 1.23. The van der Waals surface area contributed by atoms with Crippen molar-refractivity contribution in [3.8, 4) is 0 Å². The average Bonchev–Trinajstić information content (AvgIpc) is 2.22. The summed E-state index contributed by atoms with van der Waals surface area (Å²) >= 11 is 4.96. The molecule has 0 aliphatic rings. The molecular formula is C11H24N2S. The van der Waals surface area contributed by atoms with Gasteiger partial charge in [0.25, 0.3) is 0 Å². The monoisotopic (exact) mass is 216 g/mol. The molecule has 0 aliphatic carbocycles. The molecule has 0 saturated carbocycles. The summed E-state index contributed by atoms with van der Waals surface area (Å²) in [7, 11) is 0. The van der Waals surface area contributed by atoms with Crippen LogP contribution in [0.1, 0.15) is 39.5 Å². The second-order valence-corrected chi connectivity index (χ2v) is 3.81. The molecule has 0 heterocycles. The fourth-order valence-corrected chi connectivity index (χ4v) is 1.44. The smallest absolute Gasteiger partial charge is 0.0641 e. The van der Waals surface area contributed by atoms with Crippen LogP contribution in [0.25, 0.3) is 0 Å². The van der Waals surface area contributed by atoms with Gasteiger partial charge in [0.1, 0.15) is 0 Å². The number of hydrogen-bond donors (Lipinski definition) is 1. The predicted octanol–water partition coefficient (Wildman–Crippen LogP) is 2.44. The van der Waals surface area contributed by atoms with Gasteiger partial charge in [0.2, 0.25) is 0 Å². The molecular weight excluding hydrogens is 192 g/mol. The van der Waals surface area contributed by atoms with Gasteiger partial charge in [-0.1, -0.05) is 38.9 Å². The van der Waals surface area contributed by atoms with E-state index in [0.29, 0.717) is 0 Å². The van der Waals surface area contributed by atoms with Gasteiger partial charge in [-0.25, -0.2) is 0 Å². The largest absolute Gasteiger partial charge is 0.367 e. The van der Waals surface area contributed by atoms with E-state index in [4.69, 9.17) is 12.2 Å². The molecule has 0 fully saturated rings. The molecule has 0 spiro atoms. The highest BCUT2D eigenvalue weighted by atomic mass is 32.1. The quantitative estimate of drug-likeness (QED) is 0.446. The van der Waals surface area contributed by atoms with Gasteiger partial charge in [-0.15, -0.1) is 0 Å². The van der Waals surface area contributed by atoms with E-state index in [1.165, 1.54) is 25.7 Å². The van der Waals surface area contributed by atoms with Crippen LogP contribution in [0, 0.1) is 0 Å². The van der Waals surface area contributed by atoms with Gasteiger partial charge >= 0.3 is 0 Å². The first kappa shape index (κ1) is 13.8. The van der Waals surface area contributed by atoms with E-state index in [1.54, 1.807) is 5.49 Å². The van der Waals surface area contributed by atoms with Crippen LogP contribution in [-0.2, 0) is 0 Å². The van der Waals surface area contributed by atoms with Gasteiger partial charge in [-0.2, -0.15) is 0 Å². The minimum Gasteiger partial charge on any atom is -0.367 e. The number of hydrogen-bond acceptors (Lipinski definition) is 2. The van der Waals surface area contributed by atoms with Crippen molar-refractivity contribution in [1.29, 1.82) is 0 Å². The highest BCUT2D eigenvalue weighted by Crippen LogP contribution is 1.91. The van der Waals surface area contributed by atoms with Gasteiger partial charge in [0.15, 0.2) is 0 Å². The third kappa shape index (κ3) is 8.45. The van der Waals surface area contributed by atoms with Crippen molar-refractivity contribution in [2.75, 3.05) is 26.2 Å². The van der Waals surface area contributed by atoms with Gasteiger partial charge in [0.05, 0.1) is 5.49 Å². The Kier molecular flexibility index (Phi) is 10.8. The average molecular weight is 216 g/mol. The van der Waals surface area contributed by atoms with Crippen molar-refractivity contribution in [1.82, 2.24) is 10.2 Å². The summed E-state index contributed by atoms with van der Waals surface area (Å²) in [6, 6.07) is 0. The summed E-state index contributed by atoms with van der Waals surface area (Å²) in [5.41, 5.74) is 1.79. The molecule has 0 radical (unpaired) electrons. The highest BCUT2D eigenvalue weighted by Gasteiger charge is 1.97. The molecule has 3 heteroatoms. The number of thiocarbonyl (C=S) groups is 1. The molecule has 0 bridgehead atoms. The van der Waals surface area contributed by atoms with Crippen LogP contribution in [0.3, 0.4) is 0 Å². The SMILES string of the molecule is CCCCNCCN(C=S)CCCC. The van der Waals surface area contributed by atoms with Crippen molar-refractivity contribution in [2.24, 2.45) is 0 Å². The zero-order valence-corrected chi connectivity index (χ0v) is 10.4.